The minimum atomic E-state index is -2.74. The second-order valence-electron chi connectivity index (χ2n) is 4.28. The van der Waals surface area contributed by atoms with Crippen LogP contribution in [0.15, 0.2) is 18.2 Å². The highest BCUT2D eigenvalue weighted by molar-refractivity contribution is 5.56. The number of halogens is 2. The van der Waals surface area contributed by atoms with E-state index in [0.29, 0.717) is 6.54 Å². The second kappa shape index (κ2) is 7.74. The molecule has 112 valence electrons. The van der Waals surface area contributed by atoms with E-state index in [9.17, 15) is 18.9 Å². The Labute approximate surface area is 116 Å². The molecule has 0 bridgehead atoms. The molecule has 0 aliphatic rings. The molecule has 0 saturated carbocycles. The Balaban J connectivity index is 2.76. The molecule has 0 saturated heterocycles. The summed E-state index contributed by atoms with van der Waals surface area (Å²) in [4.78, 5) is 12.1. The molecule has 0 aliphatic heterocycles. The van der Waals surface area contributed by atoms with Crippen LogP contribution in [0.5, 0.6) is 0 Å². The number of non-ortho nitro benzene ring substituents is 1. The molecule has 1 N–H and O–H groups in total. The molecule has 0 atom stereocenters. The van der Waals surface area contributed by atoms with Crippen LogP contribution >= 0.6 is 0 Å². The van der Waals surface area contributed by atoms with Crippen molar-refractivity contribution in [2.75, 3.05) is 31.5 Å². The fraction of sp³-hybridized carbons (Fsp3) is 0.538. The van der Waals surface area contributed by atoms with Crippen LogP contribution in [0.2, 0.25) is 0 Å². The van der Waals surface area contributed by atoms with Gasteiger partial charge in [0.05, 0.1) is 4.92 Å². The van der Waals surface area contributed by atoms with E-state index in [1.165, 1.54) is 12.1 Å². The fourth-order valence-electron chi connectivity index (χ4n) is 1.89. The number of alkyl halides is 2. The van der Waals surface area contributed by atoms with Crippen molar-refractivity contribution in [3.8, 4) is 0 Å². The van der Waals surface area contributed by atoms with Gasteiger partial charge in [0.1, 0.15) is 0 Å². The number of likely N-dealkylation sites (N-methyl/N-ethyl adjacent to an activating group) is 1. The van der Waals surface area contributed by atoms with Crippen molar-refractivity contribution in [3.63, 3.8) is 0 Å². The van der Waals surface area contributed by atoms with Gasteiger partial charge in [0.15, 0.2) is 0 Å². The Morgan fingerprint density at radius 3 is 2.50 bits per heavy atom. The van der Waals surface area contributed by atoms with Crippen molar-refractivity contribution < 1.29 is 13.7 Å². The number of nitro groups is 1. The zero-order chi connectivity index (χ0) is 15.1. The molecule has 1 aromatic carbocycles. The maximum atomic E-state index is 12.9. The highest BCUT2D eigenvalue weighted by Crippen LogP contribution is 2.30. The first-order valence-electron chi connectivity index (χ1n) is 6.52. The van der Waals surface area contributed by atoms with Gasteiger partial charge >= 0.3 is 0 Å². The third kappa shape index (κ3) is 4.41. The maximum absolute atomic E-state index is 12.9. The van der Waals surface area contributed by atoms with Crippen LogP contribution in [0.25, 0.3) is 0 Å². The number of nitrogens with one attached hydrogen (secondary N) is 1. The second-order valence-corrected chi connectivity index (χ2v) is 4.28. The molecule has 1 aromatic rings. The maximum Gasteiger partial charge on any atom is 0.270 e. The summed E-state index contributed by atoms with van der Waals surface area (Å²) in [5.41, 5.74) is -0.411. The number of nitro benzene ring substituents is 1. The smallest absolute Gasteiger partial charge is 0.270 e. The van der Waals surface area contributed by atoms with Crippen LogP contribution in [0.3, 0.4) is 0 Å². The topological polar surface area (TPSA) is 58.4 Å². The number of rotatable bonds is 8. The quantitative estimate of drug-likeness (QED) is 0.589. The molecule has 0 aromatic heterocycles. The van der Waals surface area contributed by atoms with Gasteiger partial charge in [0.25, 0.3) is 12.1 Å². The minimum absolute atomic E-state index is 0.248. The Kier molecular flexibility index (Phi) is 6.30. The lowest BCUT2D eigenvalue weighted by molar-refractivity contribution is -0.385. The average molecular weight is 287 g/mol. The molecule has 0 aliphatic carbocycles. The molecule has 0 heterocycles. The predicted octanol–water partition coefficient (Wildman–Crippen LogP) is 3.29. The van der Waals surface area contributed by atoms with Gasteiger partial charge in [-0.1, -0.05) is 13.8 Å². The van der Waals surface area contributed by atoms with Crippen molar-refractivity contribution in [2.24, 2.45) is 0 Å². The SMILES string of the molecule is CCN(CC)CCNc1ccc([N+](=O)[O-])cc1C(F)F. The van der Waals surface area contributed by atoms with Crippen molar-refractivity contribution >= 4 is 11.4 Å². The zero-order valence-corrected chi connectivity index (χ0v) is 11.6. The molecule has 0 unspecified atom stereocenters. The van der Waals surface area contributed by atoms with Crippen LogP contribution < -0.4 is 5.32 Å². The van der Waals surface area contributed by atoms with Gasteiger partial charge in [0.2, 0.25) is 0 Å². The summed E-state index contributed by atoms with van der Waals surface area (Å²) in [5, 5.41) is 13.5. The molecule has 20 heavy (non-hydrogen) atoms. The van der Waals surface area contributed by atoms with E-state index in [0.717, 1.165) is 25.7 Å². The van der Waals surface area contributed by atoms with Gasteiger partial charge in [-0.05, 0) is 19.2 Å². The van der Waals surface area contributed by atoms with E-state index < -0.39 is 11.3 Å². The average Bonchev–Trinajstić information content (AvgIpc) is 2.43. The summed E-state index contributed by atoms with van der Waals surface area (Å²) < 4.78 is 25.8. The van der Waals surface area contributed by atoms with E-state index >= 15 is 0 Å². The highest BCUT2D eigenvalue weighted by Gasteiger charge is 2.17. The summed E-state index contributed by atoms with van der Waals surface area (Å²) in [5.74, 6) is 0. The predicted molar refractivity (Wildman–Crippen MR) is 74.3 cm³/mol. The van der Waals surface area contributed by atoms with Crippen molar-refractivity contribution in [2.45, 2.75) is 20.3 Å². The van der Waals surface area contributed by atoms with Crippen molar-refractivity contribution in [3.05, 3.63) is 33.9 Å². The lowest BCUT2D eigenvalue weighted by atomic mass is 10.1. The molecule has 0 amide bonds. The molecule has 0 spiro atoms. The molecular formula is C13H19F2N3O2. The molecule has 1 rings (SSSR count). The summed E-state index contributed by atoms with van der Waals surface area (Å²) in [6, 6.07) is 3.48. The summed E-state index contributed by atoms with van der Waals surface area (Å²) in [6.45, 7) is 7.08. The van der Waals surface area contributed by atoms with Crippen LogP contribution in [0.1, 0.15) is 25.8 Å². The first kappa shape index (κ1) is 16.3. The molecule has 0 fully saturated rings. The summed E-state index contributed by atoms with van der Waals surface area (Å²) in [7, 11) is 0. The molecule has 5 nitrogen and oxygen atoms in total. The Morgan fingerprint density at radius 1 is 1.35 bits per heavy atom. The van der Waals surface area contributed by atoms with E-state index in [1.54, 1.807) is 0 Å². The standard InChI is InChI=1S/C13H19F2N3O2/c1-3-17(4-2)8-7-16-12-6-5-10(18(19)20)9-11(12)13(14)15/h5-6,9,13,16H,3-4,7-8H2,1-2H3. The molecule has 7 heteroatoms. The summed E-state index contributed by atoms with van der Waals surface area (Å²) in [6.07, 6.45) is -2.74. The van der Waals surface area contributed by atoms with Crippen LogP contribution in [0.4, 0.5) is 20.2 Å². The monoisotopic (exact) mass is 287 g/mol. The third-order valence-corrected chi connectivity index (χ3v) is 3.12. The van der Waals surface area contributed by atoms with Crippen LogP contribution in [-0.2, 0) is 0 Å². The zero-order valence-electron chi connectivity index (χ0n) is 11.6. The number of anilines is 1. The van der Waals surface area contributed by atoms with Gasteiger partial charge in [0, 0.05) is 36.5 Å². The normalized spacial score (nSPS) is 11.1. The molecular weight excluding hydrogens is 268 g/mol. The van der Waals surface area contributed by atoms with Crippen LogP contribution in [-0.4, -0.2) is 36.0 Å². The van der Waals surface area contributed by atoms with Gasteiger partial charge in [-0.3, -0.25) is 10.1 Å². The Hall–Kier alpha value is -1.76. The largest absolute Gasteiger partial charge is 0.383 e. The van der Waals surface area contributed by atoms with Gasteiger partial charge in [-0.15, -0.1) is 0 Å². The summed E-state index contributed by atoms with van der Waals surface area (Å²) >= 11 is 0. The van der Waals surface area contributed by atoms with Gasteiger partial charge in [-0.2, -0.15) is 0 Å². The van der Waals surface area contributed by atoms with Crippen LogP contribution in [0, 0.1) is 10.1 Å². The number of nitrogens with zero attached hydrogens (tertiary/aromatic N) is 2. The van der Waals surface area contributed by atoms with E-state index in [1.807, 2.05) is 13.8 Å². The van der Waals surface area contributed by atoms with E-state index in [4.69, 9.17) is 0 Å². The number of hydrogen-bond acceptors (Lipinski definition) is 4. The van der Waals surface area contributed by atoms with Gasteiger partial charge < -0.3 is 10.2 Å². The lowest BCUT2D eigenvalue weighted by Gasteiger charge is -2.19. The minimum Gasteiger partial charge on any atom is -0.383 e. The van der Waals surface area contributed by atoms with Gasteiger partial charge in [-0.25, -0.2) is 8.78 Å². The Bertz CT molecular complexity index is 451. The van der Waals surface area contributed by atoms with E-state index in [2.05, 4.69) is 10.2 Å². The third-order valence-electron chi connectivity index (χ3n) is 3.12. The Morgan fingerprint density at radius 2 is 2.00 bits per heavy atom. The van der Waals surface area contributed by atoms with Crippen molar-refractivity contribution in [1.82, 2.24) is 4.90 Å². The number of hydrogen-bond donors (Lipinski definition) is 1. The first-order valence-corrected chi connectivity index (χ1v) is 6.52. The molecule has 0 radical (unpaired) electrons. The fourth-order valence-corrected chi connectivity index (χ4v) is 1.89. The van der Waals surface area contributed by atoms with Crippen molar-refractivity contribution in [1.29, 1.82) is 0 Å². The van der Waals surface area contributed by atoms with E-state index in [-0.39, 0.29) is 16.9 Å². The lowest BCUT2D eigenvalue weighted by Crippen LogP contribution is -2.28. The highest BCUT2D eigenvalue weighted by atomic mass is 19.3. The number of benzene rings is 1. The first-order chi connectivity index (χ1) is 9.49.